The number of carbonyl (C=O) groups excluding carboxylic acids is 2. The zero-order valence-electron chi connectivity index (χ0n) is 11.7. The van der Waals surface area contributed by atoms with Crippen LogP contribution in [0.15, 0.2) is 59.5 Å². The summed E-state index contributed by atoms with van der Waals surface area (Å²) in [4.78, 5) is 23.8. The molecule has 3 N–H and O–H groups in total. The van der Waals surface area contributed by atoms with Gasteiger partial charge >= 0.3 is 6.03 Å². The van der Waals surface area contributed by atoms with Crippen molar-refractivity contribution in [2.75, 3.05) is 0 Å². The fourth-order valence-corrected chi connectivity index (χ4v) is 3.13. The molecule has 0 bridgehead atoms. The number of urea groups is 1. The fourth-order valence-electron chi connectivity index (χ4n) is 2.61. The van der Waals surface area contributed by atoms with E-state index < -0.39 is 27.6 Å². The normalized spacial score (nSPS) is 20.9. The maximum Gasteiger partial charge on any atom is 0.322 e. The predicted octanol–water partition coefficient (Wildman–Crippen LogP) is 1.02. The third-order valence-electron chi connectivity index (χ3n) is 3.64. The van der Waals surface area contributed by atoms with Crippen LogP contribution in [-0.4, -0.2) is 24.9 Å². The number of imide groups is 1. The van der Waals surface area contributed by atoms with Crippen molar-refractivity contribution in [3.8, 4) is 0 Å². The number of nitrogens with one attached hydrogen (secondary N) is 2. The molecule has 1 unspecified atom stereocenters. The molecule has 2 aromatic carbocycles. The first-order valence-electron chi connectivity index (χ1n) is 6.61. The highest BCUT2D eigenvalue weighted by atomic mass is 32.2. The lowest BCUT2D eigenvalue weighted by atomic mass is 9.83. The fraction of sp³-hybridized carbons (Fsp3) is 0.0667. The van der Waals surface area contributed by atoms with E-state index in [-0.39, 0.29) is 10.5 Å². The van der Waals surface area contributed by atoms with Crippen LogP contribution in [0.5, 0.6) is 0 Å². The summed E-state index contributed by atoms with van der Waals surface area (Å²) in [6.07, 6.45) is 0. The second kappa shape index (κ2) is 5.18. The van der Waals surface area contributed by atoms with Gasteiger partial charge < -0.3 is 5.32 Å². The van der Waals surface area contributed by atoms with Gasteiger partial charge in [-0.05, 0) is 23.3 Å². The summed E-state index contributed by atoms with van der Waals surface area (Å²) >= 11 is 0. The monoisotopic (exact) mass is 332 g/mol. The molecular weight excluding hydrogens is 320 g/mol. The lowest BCUT2D eigenvalue weighted by Crippen LogP contribution is -2.44. The van der Waals surface area contributed by atoms with Gasteiger partial charge in [0.1, 0.15) is 0 Å². The average Bonchev–Trinajstić information content (AvgIpc) is 2.83. The first kappa shape index (κ1) is 15.2. The Morgan fingerprint density at radius 2 is 1.57 bits per heavy atom. The van der Waals surface area contributed by atoms with Crippen molar-refractivity contribution >= 4 is 22.1 Å². The molecule has 8 heteroatoms. The van der Waals surface area contributed by atoms with Gasteiger partial charge in [0.15, 0.2) is 5.54 Å². The van der Waals surface area contributed by atoms with E-state index in [1.807, 2.05) is 0 Å². The van der Waals surface area contributed by atoms with E-state index in [2.05, 4.69) is 10.6 Å². The van der Waals surface area contributed by atoms with Gasteiger partial charge in [0.05, 0.1) is 4.90 Å². The molecule has 1 heterocycles. The highest BCUT2D eigenvalue weighted by Gasteiger charge is 2.49. The Morgan fingerprint density at radius 3 is 2.13 bits per heavy atom. The maximum absolute atomic E-state index is 12.5. The van der Waals surface area contributed by atoms with Crippen molar-refractivity contribution in [3.05, 3.63) is 65.7 Å². The van der Waals surface area contributed by atoms with Crippen molar-refractivity contribution in [1.82, 2.24) is 10.6 Å². The smallest absolute Gasteiger partial charge is 0.316 e. The molecule has 1 fully saturated rings. The van der Waals surface area contributed by atoms with Crippen LogP contribution in [-0.2, 0) is 20.5 Å². The van der Waals surface area contributed by atoms with E-state index in [1.165, 1.54) is 18.2 Å². The summed E-state index contributed by atoms with van der Waals surface area (Å²) in [5, 5.41) is 4.71. The largest absolute Gasteiger partial charge is 0.322 e. The summed E-state index contributed by atoms with van der Waals surface area (Å²) in [5.41, 5.74) is -0.864. The zero-order valence-corrected chi connectivity index (χ0v) is 12.5. The van der Waals surface area contributed by atoms with Crippen molar-refractivity contribution < 1.29 is 22.6 Å². The molecule has 1 saturated heterocycles. The molecule has 1 aliphatic rings. The standard InChI is InChI=1S/C15H12N2O5S/c18-13-15(17-14(19)16-13,10-5-2-1-3-6-10)11-7-4-8-12(9-11)23(20,21)22/h1-9H,(H,20,21,22)(H2,16,17,18,19). The Morgan fingerprint density at radius 1 is 0.913 bits per heavy atom. The van der Waals surface area contributed by atoms with Crippen LogP contribution < -0.4 is 10.6 Å². The summed E-state index contributed by atoms with van der Waals surface area (Å²) < 4.78 is 31.9. The first-order valence-corrected chi connectivity index (χ1v) is 8.05. The second-order valence-corrected chi connectivity index (χ2v) is 6.45. The van der Waals surface area contributed by atoms with E-state index >= 15 is 0 Å². The second-order valence-electron chi connectivity index (χ2n) is 5.03. The van der Waals surface area contributed by atoms with Gasteiger partial charge in [-0.15, -0.1) is 0 Å². The molecule has 0 aromatic heterocycles. The molecule has 3 rings (SSSR count). The van der Waals surface area contributed by atoms with Crippen LogP contribution in [0.1, 0.15) is 11.1 Å². The molecule has 118 valence electrons. The van der Waals surface area contributed by atoms with Crippen molar-refractivity contribution in [2.24, 2.45) is 0 Å². The predicted molar refractivity (Wildman–Crippen MR) is 80.2 cm³/mol. The quantitative estimate of drug-likeness (QED) is 0.574. The van der Waals surface area contributed by atoms with Crippen LogP contribution in [0.25, 0.3) is 0 Å². The Labute approximate surface area is 132 Å². The van der Waals surface area contributed by atoms with E-state index in [1.54, 1.807) is 30.3 Å². The van der Waals surface area contributed by atoms with Gasteiger partial charge in [-0.2, -0.15) is 8.42 Å². The number of amides is 3. The minimum atomic E-state index is -4.44. The van der Waals surface area contributed by atoms with Crippen molar-refractivity contribution in [3.63, 3.8) is 0 Å². The van der Waals surface area contributed by atoms with E-state index in [9.17, 15) is 22.6 Å². The minimum absolute atomic E-state index is 0.224. The molecule has 0 aliphatic carbocycles. The number of carbonyl (C=O) groups is 2. The zero-order chi connectivity index (χ0) is 16.7. The summed E-state index contributed by atoms with van der Waals surface area (Å²) in [7, 11) is -4.44. The minimum Gasteiger partial charge on any atom is -0.316 e. The number of rotatable bonds is 3. The van der Waals surface area contributed by atoms with Gasteiger partial charge in [-0.1, -0.05) is 42.5 Å². The summed E-state index contributed by atoms with van der Waals surface area (Å²) in [6.45, 7) is 0. The highest BCUT2D eigenvalue weighted by Crippen LogP contribution is 2.33. The highest BCUT2D eigenvalue weighted by molar-refractivity contribution is 7.85. The number of hydrogen-bond acceptors (Lipinski definition) is 4. The Balaban J connectivity index is 2.26. The van der Waals surface area contributed by atoms with Crippen LogP contribution in [0, 0.1) is 0 Å². The van der Waals surface area contributed by atoms with Crippen LogP contribution in [0.4, 0.5) is 4.79 Å². The molecule has 0 spiro atoms. The molecule has 1 aliphatic heterocycles. The average molecular weight is 332 g/mol. The van der Waals surface area contributed by atoms with Gasteiger partial charge in [0.2, 0.25) is 0 Å². The lowest BCUT2D eigenvalue weighted by Gasteiger charge is -2.27. The first-order chi connectivity index (χ1) is 10.8. The van der Waals surface area contributed by atoms with E-state index in [4.69, 9.17) is 0 Å². The van der Waals surface area contributed by atoms with Crippen molar-refractivity contribution in [2.45, 2.75) is 10.4 Å². The van der Waals surface area contributed by atoms with Crippen LogP contribution in [0.2, 0.25) is 0 Å². The number of benzene rings is 2. The Kier molecular flexibility index (Phi) is 3.42. The SMILES string of the molecule is O=C1NC(=O)C(c2ccccc2)(c2cccc(S(=O)(=O)O)c2)N1. The molecule has 0 saturated carbocycles. The van der Waals surface area contributed by atoms with Crippen LogP contribution >= 0.6 is 0 Å². The Bertz CT molecular complexity index is 895. The van der Waals surface area contributed by atoms with Gasteiger partial charge in [0.25, 0.3) is 16.0 Å². The van der Waals surface area contributed by atoms with E-state index in [0.29, 0.717) is 5.56 Å². The molecule has 2 aromatic rings. The van der Waals surface area contributed by atoms with Gasteiger partial charge in [-0.25, -0.2) is 4.79 Å². The molecule has 1 atom stereocenters. The maximum atomic E-state index is 12.5. The van der Waals surface area contributed by atoms with Crippen molar-refractivity contribution in [1.29, 1.82) is 0 Å². The molecule has 23 heavy (non-hydrogen) atoms. The molecule has 3 amide bonds. The van der Waals surface area contributed by atoms with E-state index in [0.717, 1.165) is 6.07 Å². The molecule has 0 radical (unpaired) electrons. The Hall–Kier alpha value is -2.71. The van der Waals surface area contributed by atoms with Crippen LogP contribution in [0.3, 0.4) is 0 Å². The topological polar surface area (TPSA) is 113 Å². The molecular formula is C15H12N2O5S. The molecule has 7 nitrogen and oxygen atoms in total. The third kappa shape index (κ3) is 2.47. The van der Waals surface area contributed by atoms with Gasteiger partial charge in [0, 0.05) is 0 Å². The summed E-state index contributed by atoms with van der Waals surface area (Å²) in [6, 6.07) is 13.0. The third-order valence-corrected chi connectivity index (χ3v) is 4.49. The lowest BCUT2D eigenvalue weighted by molar-refractivity contribution is -0.122. The van der Waals surface area contributed by atoms with Gasteiger partial charge in [-0.3, -0.25) is 14.7 Å². The summed E-state index contributed by atoms with van der Waals surface area (Å²) in [5.74, 6) is -0.624. The number of hydrogen-bond donors (Lipinski definition) is 3.